The normalized spacial score (nSPS) is 14.9. The molecule has 1 aliphatic rings. The van der Waals surface area contributed by atoms with E-state index in [2.05, 4.69) is 48.0 Å². The number of aromatic amines is 1. The molecule has 1 aliphatic heterocycles. The average Bonchev–Trinajstić information content (AvgIpc) is 2.99. The smallest absolute Gasteiger partial charge is 0.259 e. The van der Waals surface area contributed by atoms with Gasteiger partial charge in [0.15, 0.2) is 0 Å². The number of hydrogen-bond donors (Lipinski definition) is 2. The number of aromatic nitrogens is 3. The molecule has 2 heterocycles. The van der Waals surface area contributed by atoms with Gasteiger partial charge in [0.25, 0.3) is 5.91 Å². The zero-order chi connectivity index (χ0) is 15.5. The van der Waals surface area contributed by atoms with E-state index < -0.39 is 0 Å². The van der Waals surface area contributed by atoms with Gasteiger partial charge < -0.3 is 4.90 Å². The number of anilines is 2. The fourth-order valence-electron chi connectivity index (χ4n) is 2.54. The van der Waals surface area contributed by atoms with Gasteiger partial charge in [-0.25, -0.2) is 5.10 Å². The van der Waals surface area contributed by atoms with Crippen LogP contribution in [-0.4, -0.2) is 34.2 Å². The van der Waals surface area contributed by atoms with Crippen LogP contribution in [0.3, 0.4) is 0 Å². The standard InChI is InChI=1S/C15H18IN5O/c1-10-6-5-7-11(12(10)16)13(22)17-14-18-15(20-19-14)21-8-3-2-4-9-21/h5-7H,2-4,8-9H2,1H3,(H2,17,18,19,20,22). The zero-order valence-electron chi connectivity index (χ0n) is 12.4. The molecular weight excluding hydrogens is 393 g/mol. The number of hydrogen-bond acceptors (Lipinski definition) is 4. The van der Waals surface area contributed by atoms with Crippen LogP contribution in [-0.2, 0) is 0 Å². The second kappa shape index (κ2) is 6.64. The van der Waals surface area contributed by atoms with Gasteiger partial charge in [-0.05, 0) is 60.4 Å². The highest BCUT2D eigenvalue weighted by atomic mass is 127. The van der Waals surface area contributed by atoms with Gasteiger partial charge in [0.05, 0.1) is 5.56 Å². The van der Waals surface area contributed by atoms with E-state index in [0.717, 1.165) is 35.1 Å². The van der Waals surface area contributed by atoms with Crippen LogP contribution in [0.5, 0.6) is 0 Å². The van der Waals surface area contributed by atoms with Crippen molar-refractivity contribution in [2.24, 2.45) is 0 Å². The first-order chi connectivity index (χ1) is 10.6. The molecule has 6 nitrogen and oxygen atoms in total. The molecule has 0 spiro atoms. The van der Waals surface area contributed by atoms with Gasteiger partial charge >= 0.3 is 0 Å². The quantitative estimate of drug-likeness (QED) is 0.762. The summed E-state index contributed by atoms with van der Waals surface area (Å²) in [4.78, 5) is 18.9. The van der Waals surface area contributed by atoms with E-state index in [0.29, 0.717) is 17.5 Å². The number of nitrogens with zero attached hydrogens (tertiary/aromatic N) is 3. The molecule has 0 aliphatic carbocycles. The van der Waals surface area contributed by atoms with Crippen LogP contribution in [0.4, 0.5) is 11.9 Å². The molecule has 2 aromatic rings. The molecule has 1 saturated heterocycles. The van der Waals surface area contributed by atoms with Crippen molar-refractivity contribution in [1.29, 1.82) is 0 Å². The highest BCUT2D eigenvalue weighted by molar-refractivity contribution is 14.1. The summed E-state index contributed by atoms with van der Waals surface area (Å²) in [5.41, 5.74) is 1.73. The van der Waals surface area contributed by atoms with Crippen LogP contribution in [0.15, 0.2) is 18.2 Å². The van der Waals surface area contributed by atoms with E-state index >= 15 is 0 Å². The molecule has 1 fully saturated rings. The minimum absolute atomic E-state index is 0.172. The lowest BCUT2D eigenvalue weighted by Gasteiger charge is -2.24. The topological polar surface area (TPSA) is 73.9 Å². The third-order valence-electron chi connectivity index (χ3n) is 3.78. The number of carbonyl (C=O) groups is 1. The summed E-state index contributed by atoms with van der Waals surface area (Å²) in [6, 6.07) is 5.68. The van der Waals surface area contributed by atoms with Crippen molar-refractivity contribution in [2.45, 2.75) is 26.2 Å². The zero-order valence-corrected chi connectivity index (χ0v) is 14.6. The van der Waals surface area contributed by atoms with E-state index in [-0.39, 0.29) is 5.91 Å². The number of aryl methyl sites for hydroxylation is 1. The van der Waals surface area contributed by atoms with Crippen molar-refractivity contribution >= 4 is 40.4 Å². The number of nitrogens with one attached hydrogen (secondary N) is 2. The van der Waals surface area contributed by atoms with Gasteiger partial charge in [-0.3, -0.25) is 10.1 Å². The largest absolute Gasteiger partial charge is 0.340 e. The van der Waals surface area contributed by atoms with Gasteiger partial charge in [-0.2, -0.15) is 4.98 Å². The number of piperidine rings is 1. The molecule has 1 aromatic heterocycles. The summed E-state index contributed by atoms with van der Waals surface area (Å²) in [6.45, 7) is 3.93. The number of amides is 1. The van der Waals surface area contributed by atoms with Crippen LogP contribution in [0.2, 0.25) is 0 Å². The Labute approximate surface area is 142 Å². The van der Waals surface area contributed by atoms with Gasteiger partial charge in [-0.1, -0.05) is 12.1 Å². The molecule has 1 amide bonds. The Balaban J connectivity index is 1.72. The lowest BCUT2D eigenvalue weighted by Crippen LogP contribution is -2.30. The Bertz CT molecular complexity index is 678. The molecule has 7 heteroatoms. The molecule has 0 radical (unpaired) electrons. The monoisotopic (exact) mass is 411 g/mol. The SMILES string of the molecule is Cc1cccc(C(=O)Nc2nc(N3CCCCC3)n[nH]2)c1I. The first kappa shape index (κ1) is 15.3. The summed E-state index contributed by atoms with van der Waals surface area (Å²) in [5.74, 6) is 0.881. The highest BCUT2D eigenvalue weighted by Gasteiger charge is 2.17. The lowest BCUT2D eigenvalue weighted by atomic mass is 10.1. The molecule has 2 N–H and O–H groups in total. The Hall–Kier alpha value is -1.64. The average molecular weight is 411 g/mol. The van der Waals surface area contributed by atoms with Crippen LogP contribution < -0.4 is 10.2 Å². The summed E-state index contributed by atoms with van der Waals surface area (Å²) in [7, 11) is 0. The third-order valence-corrected chi connectivity index (χ3v) is 5.21. The number of benzene rings is 1. The molecule has 0 unspecified atom stereocenters. The molecule has 3 rings (SSSR count). The number of H-pyrrole nitrogens is 1. The number of rotatable bonds is 3. The first-order valence-corrected chi connectivity index (χ1v) is 8.47. The van der Waals surface area contributed by atoms with Crippen LogP contribution >= 0.6 is 22.6 Å². The van der Waals surface area contributed by atoms with Crippen molar-refractivity contribution < 1.29 is 4.79 Å². The minimum Gasteiger partial charge on any atom is -0.340 e. The van der Waals surface area contributed by atoms with E-state index in [4.69, 9.17) is 0 Å². The fourth-order valence-corrected chi connectivity index (χ4v) is 3.15. The molecule has 0 bridgehead atoms. The molecule has 0 atom stereocenters. The van der Waals surface area contributed by atoms with Gasteiger partial charge in [0.2, 0.25) is 11.9 Å². The predicted molar refractivity (Wildman–Crippen MR) is 94.3 cm³/mol. The van der Waals surface area contributed by atoms with E-state index in [1.807, 2.05) is 25.1 Å². The van der Waals surface area contributed by atoms with E-state index in [1.165, 1.54) is 6.42 Å². The lowest BCUT2D eigenvalue weighted by molar-refractivity contribution is 0.102. The first-order valence-electron chi connectivity index (χ1n) is 7.39. The molecule has 1 aromatic carbocycles. The maximum Gasteiger partial charge on any atom is 0.259 e. The number of carbonyl (C=O) groups excluding carboxylic acids is 1. The summed E-state index contributed by atoms with van der Waals surface area (Å²) < 4.78 is 0.952. The Morgan fingerprint density at radius 1 is 1.32 bits per heavy atom. The van der Waals surface area contributed by atoms with Crippen molar-refractivity contribution in [1.82, 2.24) is 15.2 Å². The summed E-state index contributed by atoms with van der Waals surface area (Å²) in [6.07, 6.45) is 3.59. The summed E-state index contributed by atoms with van der Waals surface area (Å²) >= 11 is 2.19. The van der Waals surface area contributed by atoms with Crippen LogP contribution in [0.1, 0.15) is 35.2 Å². The fraction of sp³-hybridized carbons (Fsp3) is 0.400. The predicted octanol–water partition coefficient (Wildman–Crippen LogP) is 2.96. The third kappa shape index (κ3) is 3.23. The van der Waals surface area contributed by atoms with Gasteiger partial charge in [0.1, 0.15) is 0 Å². The van der Waals surface area contributed by atoms with Crippen LogP contribution in [0, 0.1) is 10.5 Å². The molecule has 0 saturated carbocycles. The van der Waals surface area contributed by atoms with Gasteiger partial charge in [0, 0.05) is 16.7 Å². The maximum atomic E-state index is 12.4. The Morgan fingerprint density at radius 3 is 2.86 bits per heavy atom. The summed E-state index contributed by atoms with van der Waals surface area (Å²) in [5, 5.41) is 9.79. The van der Waals surface area contributed by atoms with Crippen molar-refractivity contribution in [3.8, 4) is 0 Å². The van der Waals surface area contributed by atoms with E-state index in [1.54, 1.807) is 0 Å². The minimum atomic E-state index is -0.172. The molecule has 22 heavy (non-hydrogen) atoms. The van der Waals surface area contributed by atoms with Crippen molar-refractivity contribution in [2.75, 3.05) is 23.3 Å². The van der Waals surface area contributed by atoms with Crippen molar-refractivity contribution in [3.05, 3.63) is 32.9 Å². The molecular formula is C15H18IN5O. The highest BCUT2D eigenvalue weighted by Crippen LogP contribution is 2.19. The van der Waals surface area contributed by atoms with Crippen LogP contribution in [0.25, 0.3) is 0 Å². The van der Waals surface area contributed by atoms with E-state index in [9.17, 15) is 4.79 Å². The second-order valence-corrected chi connectivity index (χ2v) is 6.50. The second-order valence-electron chi connectivity index (χ2n) is 5.42. The Kier molecular flexibility index (Phi) is 4.60. The van der Waals surface area contributed by atoms with Gasteiger partial charge in [-0.15, -0.1) is 5.10 Å². The Morgan fingerprint density at radius 2 is 2.09 bits per heavy atom. The van der Waals surface area contributed by atoms with Crippen molar-refractivity contribution in [3.63, 3.8) is 0 Å². The molecule has 116 valence electrons. The maximum absolute atomic E-state index is 12.4. The number of halogens is 1.